The van der Waals surface area contributed by atoms with Crippen molar-refractivity contribution in [2.45, 2.75) is 18.6 Å². The zero-order chi connectivity index (χ0) is 23.3. The summed E-state index contributed by atoms with van der Waals surface area (Å²) < 4.78 is 11.9. The van der Waals surface area contributed by atoms with E-state index < -0.39 is 6.10 Å². The van der Waals surface area contributed by atoms with Crippen molar-refractivity contribution in [2.24, 2.45) is 0 Å². The summed E-state index contributed by atoms with van der Waals surface area (Å²) in [5, 5.41) is 14.6. The van der Waals surface area contributed by atoms with E-state index in [1.165, 1.54) is 11.8 Å². The minimum Gasteiger partial charge on any atom is -0.491 e. The van der Waals surface area contributed by atoms with Gasteiger partial charge in [-0.05, 0) is 30.7 Å². The highest BCUT2D eigenvalue weighted by Crippen LogP contribution is 2.25. The maximum atomic E-state index is 12.6. The van der Waals surface area contributed by atoms with Crippen molar-refractivity contribution in [1.82, 2.24) is 5.32 Å². The number of aliphatic hydroxyl groups excluding tert-OH is 1. The second kappa shape index (κ2) is 10.1. The quantitative estimate of drug-likeness (QED) is 0.437. The lowest BCUT2D eigenvalue weighted by molar-refractivity contribution is 0.0917. The molecule has 34 heavy (non-hydrogen) atoms. The molecule has 0 spiro atoms. The number of nitrogens with zero attached hydrogens (tertiary/aromatic N) is 1. The lowest BCUT2D eigenvalue weighted by Gasteiger charge is -2.39. The molecule has 1 saturated heterocycles. The van der Waals surface area contributed by atoms with Crippen molar-refractivity contribution >= 4 is 16.7 Å². The van der Waals surface area contributed by atoms with Gasteiger partial charge in [-0.15, -0.1) is 0 Å². The first-order valence-electron chi connectivity index (χ1n) is 11.6. The first kappa shape index (κ1) is 22.2. The molecule has 1 aliphatic rings. The SMILES string of the molecule is O=c1cc(-c2ccccc2)oc2cc(OCC(O)CC3CNCCN3c3ccccc3)ccc12. The molecule has 1 aliphatic heterocycles. The molecule has 0 amide bonds. The third kappa shape index (κ3) is 4.98. The highest BCUT2D eigenvalue weighted by Gasteiger charge is 2.25. The Balaban J connectivity index is 1.27. The molecule has 2 N–H and O–H groups in total. The molecular weight excluding hydrogens is 428 g/mol. The van der Waals surface area contributed by atoms with Crippen molar-refractivity contribution in [1.29, 1.82) is 0 Å². The van der Waals surface area contributed by atoms with Gasteiger partial charge in [0, 0.05) is 49.1 Å². The van der Waals surface area contributed by atoms with Gasteiger partial charge < -0.3 is 24.5 Å². The van der Waals surface area contributed by atoms with Crippen molar-refractivity contribution in [3.63, 3.8) is 0 Å². The van der Waals surface area contributed by atoms with Crippen LogP contribution in [0.25, 0.3) is 22.3 Å². The predicted octanol–water partition coefficient (Wildman–Crippen LogP) is 4.07. The van der Waals surface area contributed by atoms with Crippen LogP contribution in [0.3, 0.4) is 0 Å². The second-order valence-electron chi connectivity index (χ2n) is 8.59. The molecule has 0 radical (unpaired) electrons. The standard InChI is InChI=1S/C28H28N2O4/c31-23(15-22-18-29-13-14-30(22)21-9-5-2-6-10-21)19-33-24-11-12-25-26(32)17-27(34-28(25)16-24)20-7-3-1-4-8-20/h1-12,16-17,22-23,29,31H,13-15,18-19H2. The van der Waals surface area contributed by atoms with E-state index in [1.807, 2.05) is 48.5 Å². The average molecular weight is 457 g/mol. The van der Waals surface area contributed by atoms with E-state index in [9.17, 15) is 9.90 Å². The lowest BCUT2D eigenvalue weighted by Crippen LogP contribution is -2.53. The van der Waals surface area contributed by atoms with Crippen molar-refractivity contribution in [3.05, 3.63) is 95.2 Å². The van der Waals surface area contributed by atoms with Crippen LogP contribution in [0.2, 0.25) is 0 Å². The van der Waals surface area contributed by atoms with Crippen molar-refractivity contribution in [3.8, 4) is 17.1 Å². The zero-order valence-electron chi connectivity index (χ0n) is 18.9. The Labute approximate surface area is 198 Å². The smallest absolute Gasteiger partial charge is 0.193 e. The Hall–Kier alpha value is -3.61. The molecule has 1 fully saturated rings. The van der Waals surface area contributed by atoms with Gasteiger partial charge in [-0.2, -0.15) is 0 Å². The summed E-state index contributed by atoms with van der Waals surface area (Å²) in [5.41, 5.74) is 2.37. The highest BCUT2D eigenvalue weighted by atomic mass is 16.5. The minimum absolute atomic E-state index is 0.0995. The molecular formula is C28H28N2O4. The molecule has 4 aromatic rings. The highest BCUT2D eigenvalue weighted by molar-refractivity contribution is 5.80. The Morgan fingerprint density at radius 3 is 2.59 bits per heavy atom. The van der Waals surface area contributed by atoms with E-state index in [2.05, 4.69) is 22.3 Å². The first-order chi connectivity index (χ1) is 16.7. The molecule has 6 heteroatoms. The minimum atomic E-state index is -0.630. The van der Waals surface area contributed by atoms with Crippen LogP contribution in [0, 0.1) is 0 Å². The summed E-state index contributed by atoms with van der Waals surface area (Å²) >= 11 is 0. The van der Waals surface area contributed by atoms with E-state index in [1.54, 1.807) is 18.2 Å². The van der Waals surface area contributed by atoms with Gasteiger partial charge in [-0.1, -0.05) is 48.5 Å². The molecule has 174 valence electrons. The predicted molar refractivity (Wildman–Crippen MR) is 134 cm³/mol. The van der Waals surface area contributed by atoms with Crippen LogP contribution in [-0.4, -0.2) is 43.5 Å². The molecule has 6 nitrogen and oxygen atoms in total. The molecule has 2 unspecified atom stereocenters. The number of para-hydroxylation sites is 1. The largest absolute Gasteiger partial charge is 0.491 e. The van der Waals surface area contributed by atoms with E-state index in [0.29, 0.717) is 28.9 Å². The van der Waals surface area contributed by atoms with Crippen LogP contribution in [0.5, 0.6) is 5.75 Å². The van der Waals surface area contributed by atoms with Gasteiger partial charge in [0.25, 0.3) is 0 Å². The Kier molecular flexibility index (Phi) is 6.60. The average Bonchev–Trinajstić information content (AvgIpc) is 2.88. The van der Waals surface area contributed by atoms with E-state index in [0.717, 1.165) is 25.2 Å². The third-order valence-corrected chi connectivity index (χ3v) is 6.18. The van der Waals surface area contributed by atoms with Crippen LogP contribution in [0.4, 0.5) is 5.69 Å². The van der Waals surface area contributed by atoms with Crippen LogP contribution in [0.1, 0.15) is 6.42 Å². The summed E-state index contributed by atoms with van der Waals surface area (Å²) in [4.78, 5) is 14.9. The van der Waals surface area contributed by atoms with E-state index in [4.69, 9.17) is 9.15 Å². The Morgan fingerprint density at radius 1 is 1.03 bits per heavy atom. The molecule has 0 bridgehead atoms. The molecule has 2 heterocycles. The van der Waals surface area contributed by atoms with Crippen LogP contribution >= 0.6 is 0 Å². The van der Waals surface area contributed by atoms with Gasteiger partial charge >= 0.3 is 0 Å². The molecule has 1 aromatic heterocycles. The number of ether oxygens (including phenoxy) is 1. The number of hydrogen-bond donors (Lipinski definition) is 2. The van der Waals surface area contributed by atoms with Crippen LogP contribution in [0.15, 0.2) is 94.1 Å². The fraction of sp³-hybridized carbons (Fsp3) is 0.250. The van der Waals surface area contributed by atoms with Gasteiger partial charge in [0.2, 0.25) is 0 Å². The summed E-state index contributed by atoms with van der Waals surface area (Å²) in [6, 6.07) is 26.7. The number of fused-ring (bicyclic) bond motifs is 1. The number of hydrogen-bond acceptors (Lipinski definition) is 6. The molecule has 0 aliphatic carbocycles. The van der Waals surface area contributed by atoms with Gasteiger partial charge in [-0.25, -0.2) is 0 Å². The van der Waals surface area contributed by atoms with Gasteiger partial charge in [-0.3, -0.25) is 4.79 Å². The second-order valence-corrected chi connectivity index (χ2v) is 8.59. The van der Waals surface area contributed by atoms with Crippen molar-refractivity contribution in [2.75, 3.05) is 31.1 Å². The Morgan fingerprint density at radius 2 is 1.79 bits per heavy atom. The van der Waals surface area contributed by atoms with Gasteiger partial charge in [0.1, 0.15) is 23.7 Å². The molecule has 2 atom stereocenters. The molecule has 0 saturated carbocycles. The normalized spacial score (nSPS) is 17.0. The summed E-state index contributed by atoms with van der Waals surface area (Å²) in [7, 11) is 0. The summed E-state index contributed by atoms with van der Waals surface area (Å²) in [6.07, 6.45) is -0.0441. The number of benzene rings is 3. The maximum Gasteiger partial charge on any atom is 0.193 e. The van der Waals surface area contributed by atoms with E-state index in [-0.39, 0.29) is 18.1 Å². The third-order valence-electron chi connectivity index (χ3n) is 6.18. The van der Waals surface area contributed by atoms with Gasteiger partial charge in [0.15, 0.2) is 5.43 Å². The fourth-order valence-corrected chi connectivity index (χ4v) is 4.48. The number of piperazine rings is 1. The summed E-state index contributed by atoms with van der Waals surface area (Å²) in [6.45, 7) is 2.80. The monoisotopic (exact) mass is 456 g/mol. The number of aliphatic hydroxyl groups is 1. The maximum absolute atomic E-state index is 12.6. The zero-order valence-corrected chi connectivity index (χ0v) is 18.9. The number of rotatable bonds is 7. The summed E-state index contributed by atoms with van der Waals surface area (Å²) in [5.74, 6) is 1.07. The van der Waals surface area contributed by atoms with Crippen molar-refractivity contribution < 1.29 is 14.3 Å². The molecule has 3 aromatic carbocycles. The fourth-order valence-electron chi connectivity index (χ4n) is 4.48. The number of anilines is 1. The van der Waals surface area contributed by atoms with Crippen LogP contribution in [-0.2, 0) is 0 Å². The molecule has 5 rings (SSSR count). The first-order valence-corrected chi connectivity index (χ1v) is 11.6. The van der Waals surface area contributed by atoms with E-state index >= 15 is 0 Å². The topological polar surface area (TPSA) is 74.9 Å². The lowest BCUT2D eigenvalue weighted by atomic mass is 10.0. The Bertz CT molecular complexity index is 1290. The van der Waals surface area contributed by atoms with Gasteiger partial charge in [0.05, 0.1) is 11.5 Å². The van der Waals surface area contributed by atoms with Crippen LogP contribution < -0.4 is 20.4 Å². The number of nitrogens with one attached hydrogen (secondary N) is 1.